The summed E-state index contributed by atoms with van der Waals surface area (Å²) in [4.78, 5) is 55.2. The molecule has 0 radical (unpaired) electrons. The van der Waals surface area contributed by atoms with Gasteiger partial charge in [0.1, 0.15) is 23.4 Å². The molecular weight excluding hydrogens is 932 g/mol. The number of hydrogen-bond donors (Lipinski definition) is 6. The molecule has 2 aliphatic rings. The van der Waals surface area contributed by atoms with E-state index in [-0.39, 0.29) is 53.1 Å². The van der Waals surface area contributed by atoms with Crippen LogP contribution in [0, 0.1) is 11.8 Å². The third-order valence-corrected chi connectivity index (χ3v) is 11.4. The Morgan fingerprint density at radius 1 is 0.690 bits per heavy atom. The zero-order chi connectivity index (χ0) is 51.2. The van der Waals surface area contributed by atoms with Gasteiger partial charge in [-0.3, -0.25) is 19.2 Å². The molecule has 2 atom stereocenters. The zero-order valence-corrected chi connectivity index (χ0v) is 41.8. The maximum atomic E-state index is 12.5. The van der Waals surface area contributed by atoms with E-state index in [0.29, 0.717) is 64.4 Å². The van der Waals surface area contributed by atoms with Gasteiger partial charge in [-0.1, -0.05) is 23.7 Å². The lowest BCUT2D eigenvalue weighted by molar-refractivity contribution is -0.119. The van der Waals surface area contributed by atoms with E-state index < -0.39 is 0 Å². The second kappa shape index (κ2) is 24.8. The number of rotatable bonds is 19. The SMILES string of the molecule is CCOC(C)n1ccc(-c2cccc(Nc3cc(Cl)ncc3C(=O)NC)c2OC)n1.CCOC(C)n1ccc(-c2cccc(Nc3cc(NC(=O)C4CC4)ncc3C(=O)NC)c2OC)n1.NC(=O)C1CC1. The zero-order valence-electron chi connectivity index (χ0n) is 41.0. The Balaban J connectivity index is 0.000000209. The van der Waals surface area contributed by atoms with Crippen LogP contribution in [-0.2, 0) is 19.1 Å². The molecule has 0 bridgehead atoms. The van der Waals surface area contributed by atoms with Crippen LogP contribution in [0.15, 0.2) is 85.5 Å². The number of hydrogen-bond acceptors (Lipinski definition) is 14. The molecule has 4 aromatic heterocycles. The Morgan fingerprint density at radius 2 is 1.15 bits per heavy atom. The van der Waals surface area contributed by atoms with Gasteiger partial charge in [0.15, 0.2) is 11.5 Å². The number of nitrogens with one attached hydrogen (secondary N) is 5. The van der Waals surface area contributed by atoms with Crippen molar-refractivity contribution in [3.05, 3.63) is 102 Å². The fourth-order valence-corrected chi connectivity index (χ4v) is 7.30. The summed E-state index contributed by atoms with van der Waals surface area (Å²) in [7, 11) is 6.28. The second-order valence-electron chi connectivity index (χ2n) is 16.3. The van der Waals surface area contributed by atoms with Crippen molar-refractivity contribution in [1.82, 2.24) is 40.2 Å². The van der Waals surface area contributed by atoms with E-state index in [9.17, 15) is 19.2 Å². The van der Waals surface area contributed by atoms with Gasteiger partial charge in [0.05, 0.1) is 59.5 Å². The fraction of sp³-hybridized carbons (Fsp3) is 0.360. The van der Waals surface area contributed by atoms with Gasteiger partial charge in [-0.05, 0) is 95.8 Å². The second-order valence-corrected chi connectivity index (χ2v) is 16.6. The Labute approximate surface area is 417 Å². The number of benzene rings is 2. The number of ether oxygens (including phenoxy) is 4. The summed E-state index contributed by atoms with van der Waals surface area (Å²) in [5, 5.41) is 24.1. The molecule has 0 spiro atoms. The molecule has 21 heteroatoms. The number of pyridine rings is 2. The highest BCUT2D eigenvalue weighted by molar-refractivity contribution is 6.29. The van der Waals surface area contributed by atoms with E-state index in [1.807, 2.05) is 88.6 Å². The predicted octanol–water partition coefficient (Wildman–Crippen LogP) is 8.11. The summed E-state index contributed by atoms with van der Waals surface area (Å²) in [5.74, 6) is 1.02. The lowest BCUT2D eigenvalue weighted by atomic mass is 10.1. The van der Waals surface area contributed by atoms with Gasteiger partial charge in [-0.2, -0.15) is 10.2 Å². The normalized spacial score (nSPS) is 13.5. The van der Waals surface area contributed by atoms with Crippen LogP contribution in [-0.4, -0.2) is 94.7 Å². The number of methoxy groups -OCH3 is 2. The van der Waals surface area contributed by atoms with E-state index in [1.54, 1.807) is 49.8 Å². The Morgan fingerprint density at radius 3 is 1.56 bits per heavy atom. The average Bonchev–Trinajstić information content (AvgIpc) is 4.31. The molecule has 2 fully saturated rings. The molecule has 4 amide bonds. The fourth-order valence-electron chi connectivity index (χ4n) is 7.14. The van der Waals surface area contributed by atoms with Crippen molar-refractivity contribution in [1.29, 1.82) is 0 Å². The van der Waals surface area contributed by atoms with Crippen molar-refractivity contribution in [2.45, 2.75) is 65.8 Å². The van der Waals surface area contributed by atoms with Gasteiger partial charge in [0.25, 0.3) is 11.8 Å². The Kier molecular flexibility index (Phi) is 18.5. The first-order chi connectivity index (χ1) is 34.2. The topological polar surface area (TPSA) is 253 Å². The molecule has 2 aromatic carbocycles. The number of nitrogens with zero attached hydrogens (tertiary/aromatic N) is 6. The molecule has 6 aromatic rings. The maximum absolute atomic E-state index is 12.5. The first-order valence-electron chi connectivity index (χ1n) is 23.2. The van der Waals surface area contributed by atoms with E-state index in [1.165, 1.54) is 12.4 Å². The van der Waals surface area contributed by atoms with Gasteiger partial charge in [-0.25, -0.2) is 19.3 Å². The number of aromatic nitrogens is 6. The van der Waals surface area contributed by atoms with E-state index in [2.05, 4.69) is 46.7 Å². The molecule has 71 heavy (non-hydrogen) atoms. The van der Waals surface area contributed by atoms with E-state index in [0.717, 1.165) is 48.2 Å². The minimum Gasteiger partial charge on any atom is -0.494 e. The van der Waals surface area contributed by atoms with E-state index >= 15 is 0 Å². The number of anilines is 5. The number of nitrogens with two attached hydrogens (primary N) is 1. The van der Waals surface area contributed by atoms with Gasteiger partial charge in [0.2, 0.25) is 11.8 Å². The third-order valence-electron chi connectivity index (χ3n) is 11.2. The Bertz CT molecular complexity index is 2810. The molecule has 0 aliphatic heterocycles. The van der Waals surface area contributed by atoms with Crippen LogP contribution >= 0.6 is 11.6 Å². The van der Waals surface area contributed by atoms with Crippen LogP contribution < -0.4 is 41.8 Å². The van der Waals surface area contributed by atoms with Crippen LogP contribution in [0.1, 0.15) is 86.6 Å². The monoisotopic (exact) mass is 992 g/mol. The van der Waals surface area contributed by atoms with Gasteiger partial charge < -0.3 is 51.3 Å². The number of carbonyl (C=O) groups is 4. The van der Waals surface area contributed by atoms with Crippen molar-refractivity contribution in [3.63, 3.8) is 0 Å². The first-order valence-corrected chi connectivity index (χ1v) is 23.5. The summed E-state index contributed by atoms with van der Waals surface area (Å²) in [6, 6.07) is 18.3. The number of para-hydroxylation sites is 2. The van der Waals surface area contributed by atoms with Crippen LogP contribution in [0.25, 0.3) is 22.5 Å². The Hall–Kier alpha value is -7.55. The predicted molar refractivity (Wildman–Crippen MR) is 271 cm³/mol. The standard InChI is InChI=1S/C25H30N6O4.C21H24ClN5O3.C4H7NO/c1-5-35-15(2)31-12-11-19(30-31)17-7-6-8-20(23(17)34-4)28-21-13-22(29-24(32)16-9-10-16)27-14-18(21)25(33)26-3;1-5-30-13(2)27-10-9-16(26-27)14-7-6-8-17(20(14)29-4)25-18-11-19(22)24-12-15(18)21(28)23-3;5-4(6)3-1-2-3/h6-8,11-16H,5,9-10H2,1-4H3,(H,26,33)(H2,27,28,29,32);6-13H,5H2,1-4H3,(H,23,28)(H,24,25);3H,1-2H2,(H2,5,6). The lowest BCUT2D eigenvalue weighted by Crippen LogP contribution is -2.20. The van der Waals surface area contributed by atoms with Crippen LogP contribution in [0.5, 0.6) is 11.5 Å². The average molecular weight is 994 g/mol. The quantitative estimate of drug-likeness (QED) is 0.0420. The minimum absolute atomic E-state index is 0.0360. The number of halogens is 1. The van der Waals surface area contributed by atoms with Crippen molar-refractivity contribution < 1.29 is 38.1 Å². The molecule has 0 saturated heterocycles. The van der Waals surface area contributed by atoms with Crippen LogP contribution in [0.3, 0.4) is 0 Å². The molecule has 2 aliphatic carbocycles. The van der Waals surface area contributed by atoms with Gasteiger partial charge in [-0.15, -0.1) is 0 Å². The van der Waals surface area contributed by atoms with Crippen molar-refractivity contribution in [2.75, 3.05) is 57.5 Å². The highest BCUT2D eigenvalue weighted by atomic mass is 35.5. The molecule has 2 saturated carbocycles. The van der Waals surface area contributed by atoms with Gasteiger partial charge in [0, 0.05) is 81.1 Å². The van der Waals surface area contributed by atoms with Crippen molar-refractivity contribution in [2.24, 2.45) is 17.6 Å². The summed E-state index contributed by atoms with van der Waals surface area (Å²) >= 11 is 6.05. The number of amides is 4. The van der Waals surface area contributed by atoms with Gasteiger partial charge >= 0.3 is 0 Å². The molecule has 20 nitrogen and oxygen atoms in total. The van der Waals surface area contributed by atoms with Crippen molar-refractivity contribution in [3.8, 4) is 34.0 Å². The van der Waals surface area contributed by atoms with Crippen molar-refractivity contribution >= 4 is 63.8 Å². The smallest absolute Gasteiger partial charge is 0.254 e. The molecule has 4 heterocycles. The van der Waals surface area contributed by atoms with Crippen LogP contribution in [0.2, 0.25) is 5.15 Å². The molecule has 2 unspecified atom stereocenters. The third kappa shape index (κ3) is 13.8. The number of primary amides is 1. The molecule has 8 rings (SSSR count). The highest BCUT2D eigenvalue weighted by Crippen LogP contribution is 2.40. The molecular formula is C50H61ClN12O8. The maximum Gasteiger partial charge on any atom is 0.254 e. The molecule has 376 valence electrons. The minimum atomic E-state index is -0.307. The molecule has 7 N–H and O–H groups in total. The highest BCUT2D eigenvalue weighted by Gasteiger charge is 2.30. The van der Waals surface area contributed by atoms with Crippen LogP contribution in [0.4, 0.5) is 28.6 Å². The first kappa shape index (κ1) is 52.8. The summed E-state index contributed by atoms with van der Waals surface area (Å²) < 4.78 is 26.2. The summed E-state index contributed by atoms with van der Waals surface area (Å²) in [6.07, 6.45) is 10.0. The summed E-state index contributed by atoms with van der Waals surface area (Å²) in [6.45, 7) is 8.93. The van der Waals surface area contributed by atoms with E-state index in [4.69, 9.17) is 36.3 Å². The number of carbonyl (C=O) groups excluding carboxylic acids is 4. The largest absolute Gasteiger partial charge is 0.494 e. The lowest BCUT2D eigenvalue weighted by Gasteiger charge is -2.17. The summed E-state index contributed by atoms with van der Waals surface area (Å²) in [5.41, 5.74) is 10.9.